The van der Waals surface area contributed by atoms with Crippen molar-refractivity contribution in [1.82, 2.24) is 0 Å². The van der Waals surface area contributed by atoms with Crippen LogP contribution >= 0.6 is 15.8 Å². The number of nitrogens with zero attached hydrogens (tertiary/aromatic N) is 1. The molecule has 5 aromatic rings. The largest absolute Gasteiger partial charge is 0.308 e. The summed E-state index contributed by atoms with van der Waals surface area (Å²) in [6, 6.07) is 39.5. The lowest BCUT2D eigenvalue weighted by molar-refractivity contribution is 1.31. The van der Waals surface area contributed by atoms with Crippen molar-refractivity contribution in [3.05, 3.63) is 125 Å². The van der Waals surface area contributed by atoms with Crippen molar-refractivity contribution in [2.24, 2.45) is 0 Å². The number of hydrogen-bond acceptors (Lipinski definition) is 1. The molecule has 0 fully saturated rings. The summed E-state index contributed by atoms with van der Waals surface area (Å²) in [5, 5.41) is 8.73. The maximum Gasteiger partial charge on any atom is 0.0629 e. The Balaban J connectivity index is 1.57. The molecule has 2 aliphatic heterocycles. The van der Waals surface area contributed by atoms with E-state index in [4.69, 9.17) is 0 Å². The van der Waals surface area contributed by atoms with Crippen LogP contribution in [0.5, 0.6) is 0 Å². The van der Waals surface area contributed by atoms with E-state index in [0.29, 0.717) is 0 Å². The Labute approximate surface area is 222 Å². The van der Waals surface area contributed by atoms with Gasteiger partial charge in [-0.25, -0.2) is 0 Å². The Morgan fingerprint density at radius 3 is 1.24 bits per heavy atom. The van der Waals surface area contributed by atoms with E-state index in [1.165, 1.54) is 71.1 Å². The molecule has 0 amide bonds. The number of aryl methyl sites for hydroxylation is 4. The van der Waals surface area contributed by atoms with Gasteiger partial charge in [0.2, 0.25) is 0 Å². The summed E-state index contributed by atoms with van der Waals surface area (Å²) in [5.41, 5.74) is 9.42. The molecule has 2 atom stereocenters. The fourth-order valence-corrected chi connectivity index (χ4v) is 11.8. The van der Waals surface area contributed by atoms with Crippen LogP contribution in [0.4, 0.5) is 17.1 Å². The van der Waals surface area contributed by atoms with E-state index in [1.807, 2.05) is 0 Å². The van der Waals surface area contributed by atoms with E-state index < -0.39 is 15.8 Å². The summed E-state index contributed by atoms with van der Waals surface area (Å²) in [4.78, 5) is 2.57. The molecule has 0 saturated carbocycles. The topological polar surface area (TPSA) is 3.24 Å². The summed E-state index contributed by atoms with van der Waals surface area (Å²) >= 11 is 0. The molecule has 7 rings (SSSR count). The number of para-hydroxylation sites is 3. The van der Waals surface area contributed by atoms with E-state index in [2.05, 4.69) is 136 Å². The third-order valence-electron chi connectivity index (χ3n) is 7.36. The average molecular weight is 514 g/mol. The van der Waals surface area contributed by atoms with Gasteiger partial charge in [0.1, 0.15) is 0 Å². The van der Waals surface area contributed by atoms with Gasteiger partial charge in [0, 0.05) is 21.2 Å². The van der Waals surface area contributed by atoms with E-state index in [-0.39, 0.29) is 0 Å². The first kappa shape index (κ1) is 22.9. The van der Waals surface area contributed by atoms with Gasteiger partial charge in [-0.3, -0.25) is 0 Å². The molecule has 0 radical (unpaired) electrons. The van der Waals surface area contributed by atoms with Crippen LogP contribution in [0.3, 0.4) is 0 Å². The molecule has 5 aromatic carbocycles. The fourth-order valence-electron chi connectivity index (χ4n) is 6.14. The molecule has 0 saturated heterocycles. The number of anilines is 3. The number of hydrogen-bond donors (Lipinski definition) is 0. The van der Waals surface area contributed by atoms with Crippen LogP contribution in [-0.4, -0.2) is 0 Å². The monoisotopic (exact) mass is 513 g/mol. The van der Waals surface area contributed by atoms with E-state index >= 15 is 0 Å². The van der Waals surface area contributed by atoms with Gasteiger partial charge < -0.3 is 4.90 Å². The minimum atomic E-state index is -0.667. The third-order valence-corrected chi connectivity index (χ3v) is 12.3. The Kier molecular flexibility index (Phi) is 5.37. The zero-order valence-corrected chi connectivity index (χ0v) is 23.4. The predicted octanol–water partition coefficient (Wildman–Crippen LogP) is 6.53. The second kappa shape index (κ2) is 8.66. The molecule has 0 aliphatic carbocycles. The molecule has 0 aromatic heterocycles. The normalized spacial score (nSPS) is 17.1. The average Bonchev–Trinajstić information content (AvgIpc) is 2.87. The molecule has 2 heterocycles. The van der Waals surface area contributed by atoms with Gasteiger partial charge >= 0.3 is 0 Å². The van der Waals surface area contributed by atoms with Crippen molar-refractivity contribution in [1.29, 1.82) is 0 Å². The zero-order chi connectivity index (χ0) is 25.3. The third kappa shape index (κ3) is 3.60. The van der Waals surface area contributed by atoms with E-state index in [1.54, 1.807) is 0 Å². The number of rotatable bonds is 2. The molecule has 3 heteroatoms. The maximum absolute atomic E-state index is 2.57. The van der Waals surface area contributed by atoms with Gasteiger partial charge in [-0.05, 0) is 66.3 Å². The molecule has 0 N–H and O–H groups in total. The summed E-state index contributed by atoms with van der Waals surface area (Å²) in [6.07, 6.45) is 0. The van der Waals surface area contributed by atoms with E-state index in [0.717, 1.165) is 0 Å². The van der Waals surface area contributed by atoms with Gasteiger partial charge in [-0.1, -0.05) is 113 Å². The van der Waals surface area contributed by atoms with Crippen molar-refractivity contribution in [2.45, 2.75) is 27.7 Å². The summed E-state index contributed by atoms with van der Waals surface area (Å²) in [7, 11) is -1.33. The molecular weight excluding hydrogens is 484 g/mol. The van der Waals surface area contributed by atoms with Crippen LogP contribution in [0.1, 0.15) is 22.3 Å². The van der Waals surface area contributed by atoms with Crippen LogP contribution in [0.15, 0.2) is 103 Å². The molecule has 2 aliphatic rings. The van der Waals surface area contributed by atoms with Crippen molar-refractivity contribution >= 4 is 64.7 Å². The first-order chi connectivity index (χ1) is 18.0. The summed E-state index contributed by atoms with van der Waals surface area (Å²) in [5.74, 6) is 0. The standard InChI is InChI=1S/C34H29NP2/c1-22-16-23(2)19-26(18-22)36-30-12-7-5-10-28(30)35-29-11-6-8-13-31(29)37(27-20-24(3)17-25(4)21-27)33-15-9-14-32(36)34(33)35/h5-21H,1-4H3. The minimum Gasteiger partial charge on any atom is -0.308 e. The lowest BCUT2D eigenvalue weighted by atomic mass is 10.1. The molecule has 2 unspecified atom stereocenters. The van der Waals surface area contributed by atoms with Gasteiger partial charge in [0.15, 0.2) is 0 Å². The Morgan fingerprint density at radius 2 is 0.811 bits per heavy atom. The van der Waals surface area contributed by atoms with Crippen molar-refractivity contribution in [3.63, 3.8) is 0 Å². The number of fused-ring (bicyclic) bond motifs is 4. The minimum absolute atomic E-state index is 0.667. The highest BCUT2D eigenvalue weighted by molar-refractivity contribution is 7.82. The zero-order valence-electron chi connectivity index (χ0n) is 21.7. The van der Waals surface area contributed by atoms with Crippen LogP contribution in [0.2, 0.25) is 0 Å². The first-order valence-electron chi connectivity index (χ1n) is 12.9. The Hall–Kier alpha value is -3.24. The second-order valence-electron chi connectivity index (χ2n) is 10.3. The predicted molar refractivity (Wildman–Crippen MR) is 165 cm³/mol. The van der Waals surface area contributed by atoms with Gasteiger partial charge in [-0.15, -0.1) is 0 Å². The van der Waals surface area contributed by atoms with Gasteiger partial charge in [-0.2, -0.15) is 0 Å². The van der Waals surface area contributed by atoms with Gasteiger partial charge in [0.25, 0.3) is 0 Å². The Bertz CT molecular complexity index is 1540. The highest BCUT2D eigenvalue weighted by atomic mass is 31.1. The molecule has 37 heavy (non-hydrogen) atoms. The summed E-state index contributed by atoms with van der Waals surface area (Å²) < 4.78 is 0. The van der Waals surface area contributed by atoms with Crippen molar-refractivity contribution < 1.29 is 0 Å². The van der Waals surface area contributed by atoms with Crippen LogP contribution in [0.25, 0.3) is 0 Å². The molecule has 180 valence electrons. The first-order valence-corrected chi connectivity index (χ1v) is 15.6. The molecule has 0 bridgehead atoms. The quantitative estimate of drug-likeness (QED) is 0.238. The van der Waals surface area contributed by atoms with Crippen molar-refractivity contribution in [2.75, 3.05) is 4.90 Å². The lowest BCUT2D eigenvalue weighted by Crippen LogP contribution is -2.43. The number of benzene rings is 5. The SMILES string of the molecule is Cc1cc(C)cc(P2c3ccccc3N3c4ccccc4P(c4cc(C)cc(C)c4)c4cccc2c43)c1. The van der Waals surface area contributed by atoms with Crippen LogP contribution < -0.4 is 36.7 Å². The Morgan fingerprint density at radius 1 is 0.432 bits per heavy atom. The van der Waals surface area contributed by atoms with Crippen LogP contribution in [-0.2, 0) is 0 Å². The van der Waals surface area contributed by atoms with Crippen LogP contribution in [0, 0.1) is 27.7 Å². The van der Waals surface area contributed by atoms with Crippen molar-refractivity contribution in [3.8, 4) is 0 Å². The molecular formula is C34H29NP2. The smallest absolute Gasteiger partial charge is 0.0629 e. The second-order valence-corrected chi connectivity index (χ2v) is 14.6. The summed E-state index contributed by atoms with van der Waals surface area (Å²) in [6.45, 7) is 8.90. The maximum atomic E-state index is 2.57. The highest BCUT2D eigenvalue weighted by Crippen LogP contribution is 2.54. The lowest BCUT2D eigenvalue weighted by Gasteiger charge is -2.44. The fraction of sp³-hybridized carbons (Fsp3) is 0.118. The van der Waals surface area contributed by atoms with Gasteiger partial charge in [0.05, 0.1) is 17.1 Å². The molecule has 0 spiro atoms. The molecule has 1 nitrogen and oxygen atoms in total. The van der Waals surface area contributed by atoms with E-state index in [9.17, 15) is 0 Å². The highest BCUT2D eigenvalue weighted by Gasteiger charge is 2.40.